The molecule has 1 saturated heterocycles. The molecule has 0 unspecified atom stereocenters. The van der Waals surface area contributed by atoms with E-state index in [4.69, 9.17) is 14.9 Å². The van der Waals surface area contributed by atoms with Crippen molar-refractivity contribution in [3.05, 3.63) is 35.6 Å². The summed E-state index contributed by atoms with van der Waals surface area (Å²) in [6.45, 7) is 3.76. The minimum absolute atomic E-state index is 0.142. The molecule has 2 heterocycles. The van der Waals surface area contributed by atoms with Crippen molar-refractivity contribution in [2.24, 2.45) is 0 Å². The van der Waals surface area contributed by atoms with E-state index in [1.807, 2.05) is 29.2 Å². The second-order valence-corrected chi connectivity index (χ2v) is 4.12. The summed E-state index contributed by atoms with van der Waals surface area (Å²) in [4.78, 5) is 2.01. The van der Waals surface area contributed by atoms with Gasteiger partial charge in [-0.15, -0.1) is 0 Å². The third kappa shape index (κ3) is 3.27. The molecule has 0 amide bonds. The molecular weight excluding hydrogens is 242 g/mol. The van der Waals surface area contributed by atoms with Crippen molar-refractivity contribution in [1.29, 1.82) is 10.5 Å². The van der Waals surface area contributed by atoms with E-state index in [1.54, 1.807) is 6.26 Å². The first kappa shape index (κ1) is 13.0. The Labute approximate surface area is 111 Å². The first-order chi connectivity index (χ1) is 9.35. The molecule has 98 valence electrons. The molecule has 1 aromatic heterocycles. The van der Waals surface area contributed by atoms with Crippen LogP contribution in [0, 0.1) is 22.7 Å². The SMILES string of the molecule is N#CC(C#N)=C1NCCN1CCNCc1ccco1. The molecule has 1 aromatic rings. The van der Waals surface area contributed by atoms with E-state index in [9.17, 15) is 0 Å². The Hall–Kier alpha value is -2.44. The summed E-state index contributed by atoms with van der Waals surface area (Å²) < 4.78 is 5.22. The number of rotatable bonds is 5. The summed E-state index contributed by atoms with van der Waals surface area (Å²) in [6, 6.07) is 7.60. The van der Waals surface area contributed by atoms with Crippen LogP contribution in [-0.2, 0) is 6.54 Å². The summed E-state index contributed by atoms with van der Waals surface area (Å²) in [6.07, 6.45) is 1.65. The Balaban J connectivity index is 1.81. The maximum atomic E-state index is 8.88. The molecule has 1 fully saturated rings. The van der Waals surface area contributed by atoms with Gasteiger partial charge in [-0.05, 0) is 12.1 Å². The van der Waals surface area contributed by atoms with Crippen LogP contribution in [-0.4, -0.2) is 31.1 Å². The second kappa shape index (κ2) is 6.48. The van der Waals surface area contributed by atoms with Gasteiger partial charge in [0.05, 0.1) is 12.8 Å². The van der Waals surface area contributed by atoms with Crippen LogP contribution in [0.15, 0.2) is 34.2 Å². The number of nitrogens with zero attached hydrogens (tertiary/aromatic N) is 3. The number of nitriles is 2. The molecule has 0 aliphatic carbocycles. The largest absolute Gasteiger partial charge is 0.468 e. The van der Waals surface area contributed by atoms with E-state index in [-0.39, 0.29) is 5.57 Å². The summed E-state index contributed by atoms with van der Waals surface area (Å²) in [5, 5.41) is 24.1. The van der Waals surface area contributed by atoms with E-state index in [1.165, 1.54) is 0 Å². The molecular formula is C13H15N5O. The van der Waals surface area contributed by atoms with Gasteiger partial charge in [0.15, 0.2) is 5.57 Å². The van der Waals surface area contributed by atoms with Crippen LogP contribution in [0.2, 0.25) is 0 Å². The van der Waals surface area contributed by atoms with Gasteiger partial charge >= 0.3 is 0 Å². The summed E-state index contributed by atoms with van der Waals surface area (Å²) in [7, 11) is 0. The monoisotopic (exact) mass is 257 g/mol. The second-order valence-electron chi connectivity index (χ2n) is 4.12. The van der Waals surface area contributed by atoms with Crippen molar-refractivity contribution >= 4 is 0 Å². The zero-order valence-electron chi connectivity index (χ0n) is 10.5. The number of furan rings is 1. The lowest BCUT2D eigenvalue weighted by Gasteiger charge is -2.18. The number of hydrogen-bond acceptors (Lipinski definition) is 6. The van der Waals surface area contributed by atoms with Gasteiger partial charge in [0, 0.05) is 26.2 Å². The van der Waals surface area contributed by atoms with Crippen molar-refractivity contribution in [2.45, 2.75) is 6.54 Å². The quantitative estimate of drug-likeness (QED) is 0.591. The molecule has 0 saturated carbocycles. The van der Waals surface area contributed by atoms with Crippen LogP contribution in [0.1, 0.15) is 5.76 Å². The van der Waals surface area contributed by atoms with Crippen LogP contribution in [0.5, 0.6) is 0 Å². The van der Waals surface area contributed by atoms with E-state index in [0.29, 0.717) is 12.4 Å². The van der Waals surface area contributed by atoms with E-state index >= 15 is 0 Å². The van der Waals surface area contributed by atoms with Gasteiger partial charge in [-0.25, -0.2) is 0 Å². The van der Waals surface area contributed by atoms with Crippen molar-refractivity contribution in [3.63, 3.8) is 0 Å². The average Bonchev–Trinajstić information content (AvgIpc) is 3.08. The molecule has 19 heavy (non-hydrogen) atoms. The van der Waals surface area contributed by atoms with Gasteiger partial charge in [-0.2, -0.15) is 10.5 Å². The molecule has 2 rings (SSSR count). The number of hydrogen-bond donors (Lipinski definition) is 2. The third-order valence-corrected chi connectivity index (χ3v) is 2.89. The zero-order chi connectivity index (χ0) is 13.5. The Morgan fingerprint density at radius 2 is 2.32 bits per heavy atom. The van der Waals surface area contributed by atoms with Crippen LogP contribution < -0.4 is 10.6 Å². The lowest BCUT2D eigenvalue weighted by Crippen LogP contribution is -2.30. The van der Waals surface area contributed by atoms with Gasteiger partial charge in [-0.1, -0.05) is 0 Å². The highest BCUT2D eigenvalue weighted by molar-refractivity contribution is 5.39. The maximum absolute atomic E-state index is 8.88. The normalized spacial score (nSPS) is 13.8. The number of allylic oxidation sites excluding steroid dienone is 1. The first-order valence-corrected chi connectivity index (χ1v) is 6.11. The highest BCUT2D eigenvalue weighted by Gasteiger charge is 2.19. The Morgan fingerprint density at radius 1 is 1.47 bits per heavy atom. The minimum atomic E-state index is 0.142. The predicted octanol–water partition coefficient (Wildman–Crippen LogP) is 0.533. The van der Waals surface area contributed by atoms with E-state index < -0.39 is 0 Å². The van der Waals surface area contributed by atoms with Gasteiger partial charge in [0.25, 0.3) is 0 Å². The molecule has 0 bridgehead atoms. The average molecular weight is 257 g/mol. The van der Waals surface area contributed by atoms with Gasteiger partial charge in [0.1, 0.15) is 23.7 Å². The Morgan fingerprint density at radius 3 is 3.00 bits per heavy atom. The lowest BCUT2D eigenvalue weighted by atomic mass is 10.3. The molecule has 0 spiro atoms. The summed E-state index contributed by atoms with van der Waals surface area (Å²) in [5.74, 6) is 1.54. The first-order valence-electron chi connectivity index (χ1n) is 6.11. The van der Waals surface area contributed by atoms with Crippen LogP contribution >= 0.6 is 0 Å². The molecule has 0 aromatic carbocycles. The summed E-state index contributed by atoms with van der Waals surface area (Å²) in [5.41, 5.74) is 0.142. The fourth-order valence-electron chi connectivity index (χ4n) is 1.97. The Kier molecular flexibility index (Phi) is 4.44. The highest BCUT2D eigenvalue weighted by Crippen LogP contribution is 2.11. The fourth-order valence-corrected chi connectivity index (χ4v) is 1.97. The lowest BCUT2D eigenvalue weighted by molar-refractivity contribution is 0.380. The third-order valence-electron chi connectivity index (χ3n) is 2.89. The van der Waals surface area contributed by atoms with Crippen molar-refractivity contribution in [3.8, 4) is 12.1 Å². The molecule has 6 nitrogen and oxygen atoms in total. The molecule has 1 aliphatic heterocycles. The molecule has 6 heteroatoms. The Bertz CT molecular complexity index is 504. The minimum Gasteiger partial charge on any atom is -0.468 e. The standard InChI is InChI=1S/C13H15N5O/c14-8-11(9-15)13-17-4-6-18(13)5-3-16-10-12-2-1-7-19-12/h1-2,7,16-17H,3-6,10H2. The smallest absolute Gasteiger partial charge is 0.169 e. The van der Waals surface area contributed by atoms with Crippen molar-refractivity contribution in [1.82, 2.24) is 15.5 Å². The topological polar surface area (TPSA) is 88.0 Å². The molecule has 2 N–H and O–H groups in total. The fraction of sp³-hybridized carbons (Fsp3) is 0.385. The van der Waals surface area contributed by atoms with Crippen LogP contribution in [0.3, 0.4) is 0 Å². The number of nitrogens with one attached hydrogen (secondary N) is 2. The van der Waals surface area contributed by atoms with Crippen LogP contribution in [0.4, 0.5) is 0 Å². The van der Waals surface area contributed by atoms with Crippen molar-refractivity contribution < 1.29 is 4.42 Å². The van der Waals surface area contributed by atoms with Crippen molar-refractivity contribution in [2.75, 3.05) is 26.2 Å². The van der Waals surface area contributed by atoms with Gasteiger partial charge in [0.2, 0.25) is 0 Å². The summed E-state index contributed by atoms with van der Waals surface area (Å²) >= 11 is 0. The van der Waals surface area contributed by atoms with Gasteiger partial charge in [-0.3, -0.25) is 0 Å². The molecule has 1 aliphatic rings. The van der Waals surface area contributed by atoms with Crippen LogP contribution in [0.25, 0.3) is 0 Å². The zero-order valence-corrected chi connectivity index (χ0v) is 10.5. The predicted molar refractivity (Wildman–Crippen MR) is 68.2 cm³/mol. The van der Waals surface area contributed by atoms with Gasteiger partial charge < -0.3 is 20.0 Å². The highest BCUT2D eigenvalue weighted by atomic mass is 16.3. The maximum Gasteiger partial charge on any atom is 0.169 e. The van der Waals surface area contributed by atoms with E-state index in [0.717, 1.165) is 31.9 Å². The van der Waals surface area contributed by atoms with E-state index in [2.05, 4.69) is 10.6 Å². The molecule has 0 radical (unpaired) electrons. The molecule has 0 atom stereocenters.